The summed E-state index contributed by atoms with van der Waals surface area (Å²) >= 11 is 6.04. The summed E-state index contributed by atoms with van der Waals surface area (Å²) in [6, 6.07) is 23.4. The molecule has 1 aromatic heterocycles. The number of hydrogen-bond donors (Lipinski definition) is 1. The van der Waals surface area contributed by atoms with Crippen molar-refractivity contribution in [1.82, 2.24) is 4.57 Å². The van der Waals surface area contributed by atoms with Gasteiger partial charge >= 0.3 is 0 Å². The Balaban J connectivity index is 1.50. The number of halogens is 1. The van der Waals surface area contributed by atoms with E-state index in [1.807, 2.05) is 84.4 Å². The van der Waals surface area contributed by atoms with E-state index in [4.69, 9.17) is 16.3 Å². The fraction of sp³-hybridized carbons (Fsp3) is 0.125. The number of amides is 1. The Morgan fingerprint density at radius 1 is 1.03 bits per heavy atom. The third-order valence-electron chi connectivity index (χ3n) is 4.80. The average Bonchev–Trinajstić information content (AvgIpc) is 3.13. The normalized spacial score (nSPS) is 10.8. The van der Waals surface area contributed by atoms with Gasteiger partial charge in [0.1, 0.15) is 18.9 Å². The van der Waals surface area contributed by atoms with Gasteiger partial charge in [-0.2, -0.15) is 0 Å². The summed E-state index contributed by atoms with van der Waals surface area (Å²) in [6.45, 7) is 2.64. The summed E-state index contributed by atoms with van der Waals surface area (Å²) in [4.78, 5) is 12.6. The molecule has 5 heteroatoms. The molecule has 29 heavy (non-hydrogen) atoms. The fourth-order valence-electron chi connectivity index (χ4n) is 3.27. The van der Waals surface area contributed by atoms with Gasteiger partial charge in [-0.3, -0.25) is 4.79 Å². The standard InChI is InChI=1S/C24H21ClN2O2/c1-17-10-11-19(25)14-21(17)26-24(28)15-27-13-12-20-22(27)8-5-9-23(20)29-16-18-6-3-2-4-7-18/h2-14H,15-16H2,1H3,(H,26,28). The number of ether oxygens (including phenoxy) is 1. The molecule has 146 valence electrons. The summed E-state index contributed by atoms with van der Waals surface area (Å²) in [7, 11) is 0. The predicted molar refractivity (Wildman–Crippen MR) is 118 cm³/mol. The topological polar surface area (TPSA) is 43.3 Å². The highest BCUT2D eigenvalue weighted by Gasteiger charge is 2.11. The van der Waals surface area contributed by atoms with Crippen LogP contribution in [0.3, 0.4) is 0 Å². The van der Waals surface area contributed by atoms with Crippen LogP contribution in [0.15, 0.2) is 79.0 Å². The number of hydrogen-bond acceptors (Lipinski definition) is 2. The predicted octanol–water partition coefficient (Wildman–Crippen LogP) is 5.82. The van der Waals surface area contributed by atoms with Crippen molar-refractivity contribution in [2.45, 2.75) is 20.1 Å². The largest absolute Gasteiger partial charge is 0.488 e. The monoisotopic (exact) mass is 404 g/mol. The minimum atomic E-state index is -0.108. The van der Waals surface area contributed by atoms with Crippen molar-refractivity contribution in [2.75, 3.05) is 5.32 Å². The summed E-state index contributed by atoms with van der Waals surface area (Å²) in [5.74, 6) is 0.694. The molecule has 0 aliphatic rings. The molecule has 0 fully saturated rings. The number of nitrogens with zero attached hydrogens (tertiary/aromatic N) is 1. The van der Waals surface area contributed by atoms with E-state index in [1.54, 1.807) is 6.07 Å². The van der Waals surface area contributed by atoms with Gasteiger partial charge < -0.3 is 14.6 Å². The van der Waals surface area contributed by atoms with E-state index in [0.29, 0.717) is 11.6 Å². The Kier molecular flexibility index (Phi) is 5.54. The number of rotatable bonds is 6. The van der Waals surface area contributed by atoms with Gasteiger partial charge in [0, 0.05) is 22.3 Å². The number of benzene rings is 3. The van der Waals surface area contributed by atoms with E-state index >= 15 is 0 Å². The van der Waals surface area contributed by atoms with Crippen molar-refractivity contribution < 1.29 is 9.53 Å². The third kappa shape index (κ3) is 4.44. The van der Waals surface area contributed by atoms with Gasteiger partial charge in [0.25, 0.3) is 0 Å². The highest BCUT2D eigenvalue weighted by atomic mass is 35.5. The smallest absolute Gasteiger partial charge is 0.244 e. The molecule has 0 aliphatic heterocycles. The zero-order chi connectivity index (χ0) is 20.2. The molecule has 0 bridgehead atoms. The summed E-state index contributed by atoms with van der Waals surface area (Å²) in [5.41, 5.74) is 3.76. The van der Waals surface area contributed by atoms with Crippen molar-refractivity contribution in [1.29, 1.82) is 0 Å². The lowest BCUT2D eigenvalue weighted by Crippen LogP contribution is -2.18. The van der Waals surface area contributed by atoms with Crippen molar-refractivity contribution >= 4 is 34.1 Å². The number of carbonyl (C=O) groups is 1. The number of aryl methyl sites for hydroxylation is 1. The maximum atomic E-state index is 12.6. The fourth-order valence-corrected chi connectivity index (χ4v) is 3.44. The number of anilines is 1. The van der Waals surface area contributed by atoms with E-state index in [1.165, 1.54) is 0 Å². The molecule has 0 saturated carbocycles. The quantitative estimate of drug-likeness (QED) is 0.440. The van der Waals surface area contributed by atoms with E-state index in [-0.39, 0.29) is 12.5 Å². The second kappa shape index (κ2) is 8.41. The van der Waals surface area contributed by atoms with Gasteiger partial charge in [0.05, 0.1) is 5.52 Å². The highest BCUT2D eigenvalue weighted by molar-refractivity contribution is 6.31. The Bertz CT molecular complexity index is 1150. The molecule has 0 aliphatic carbocycles. The van der Waals surface area contributed by atoms with Gasteiger partial charge in [-0.1, -0.05) is 54.1 Å². The molecule has 4 nitrogen and oxygen atoms in total. The first-order chi connectivity index (χ1) is 14.1. The molecular weight excluding hydrogens is 384 g/mol. The molecule has 1 amide bonds. The zero-order valence-corrected chi connectivity index (χ0v) is 16.8. The maximum Gasteiger partial charge on any atom is 0.244 e. The molecule has 0 radical (unpaired) electrons. The van der Waals surface area contributed by atoms with Crippen LogP contribution in [0.25, 0.3) is 10.9 Å². The lowest BCUT2D eigenvalue weighted by atomic mass is 10.2. The van der Waals surface area contributed by atoms with E-state index in [2.05, 4.69) is 5.32 Å². The summed E-state index contributed by atoms with van der Waals surface area (Å²) in [5, 5.41) is 4.52. The van der Waals surface area contributed by atoms with Crippen molar-refractivity contribution in [3.05, 3.63) is 95.1 Å². The van der Waals surface area contributed by atoms with Crippen LogP contribution in [0.5, 0.6) is 5.75 Å². The number of nitrogens with one attached hydrogen (secondary N) is 1. The first-order valence-corrected chi connectivity index (χ1v) is 9.78. The van der Waals surface area contributed by atoms with Crippen LogP contribution < -0.4 is 10.1 Å². The molecule has 4 aromatic rings. The average molecular weight is 405 g/mol. The van der Waals surface area contributed by atoms with Crippen LogP contribution in [-0.2, 0) is 17.9 Å². The molecule has 4 rings (SSSR count). The van der Waals surface area contributed by atoms with Gasteiger partial charge in [-0.05, 0) is 48.4 Å². The maximum absolute atomic E-state index is 12.6. The highest BCUT2D eigenvalue weighted by Crippen LogP contribution is 2.27. The second-order valence-corrected chi connectivity index (χ2v) is 7.35. The van der Waals surface area contributed by atoms with Crippen molar-refractivity contribution in [3.8, 4) is 5.75 Å². The molecule has 3 aromatic carbocycles. The van der Waals surface area contributed by atoms with Crippen LogP contribution in [0.4, 0.5) is 5.69 Å². The van der Waals surface area contributed by atoms with Crippen LogP contribution >= 0.6 is 11.6 Å². The zero-order valence-electron chi connectivity index (χ0n) is 16.1. The molecular formula is C24H21ClN2O2. The van der Waals surface area contributed by atoms with Gasteiger partial charge in [-0.25, -0.2) is 0 Å². The molecule has 0 saturated heterocycles. The van der Waals surface area contributed by atoms with Gasteiger partial charge in [0.15, 0.2) is 0 Å². The van der Waals surface area contributed by atoms with E-state index < -0.39 is 0 Å². The van der Waals surface area contributed by atoms with Gasteiger partial charge in [-0.15, -0.1) is 0 Å². The Morgan fingerprint density at radius 2 is 1.86 bits per heavy atom. The minimum Gasteiger partial charge on any atom is -0.488 e. The lowest BCUT2D eigenvalue weighted by Gasteiger charge is -2.11. The minimum absolute atomic E-state index is 0.108. The Hall–Kier alpha value is -3.24. The van der Waals surface area contributed by atoms with Gasteiger partial charge in [0.2, 0.25) is 5.91 Å². The van der Waals surface area contributed by atoms with E-state index in [9.17, 15) is 4.79 Å². The number of aromatic nitrogens is 1. The van der Waals surface area contributed by atoms with Crippen molar-refractivity contribution in [2.24, 2.45) is 0 Å². The van der Waals surface area contributed by atoms with Crippen LogP contribution in [0.1, 0.15) is 11.1 Å². The first-order valence-electron chi connectivity index (χ1n) is 9.41. The van der Waals surface area contributed by atoms with E-state index in [0.717, 1.165) is 33.5 Å². The SMILES string of the molecule is Cc1ccc(Cl)cc1NC(=O)Cn1ccc2c(OCc3ccccc3)cccc21. The third-order valence-corrected chi connectivity index (χ3v) is 5.03. The lowest BCUT2D eigenvalue weighted by molar-refractivity contribution is -0.116. The molecule has 0 spiro atoms. The molecule has 0 atom stereocenters. The summed E-state index contributed by atoms with van der Waals surface area (Å²) in [6.07, 6.45) is 1.91. The van der Waals surface area contributed by atoms with Crippen LogP contribution in [-0.4, -0.2) is 10.5 Å². The van der Waals surface area contributed by atoms with Crippen molar-refractivity contribution in [3.63, 3.8) is 0 Å². The summed E-state index contributed by atoms with van der Waals surface area (Å²) < 4.78 is 7.94. The second-order valence-electron chi connectivity index (χ2n) is 6.91. The Labute approximate surface area is 174 Å². The number of carbonyl (C=O) groups excluding carboxylic acids is 1. The number of fused-ring (bicyclic) bond motifs is 1. The molecule has 0 unspecified atom stereocenters. The van der Waals surface area contributed by atoms with Crippen LogP contribution in [0.2, 0.25) is 5.02 Å². The molecule has 1 N–H and O–H groups in total. The Morgan fingerprint density at radius 3 is 2.69 bits per heavy atom. The first kappa shape index (κ1) is 19.1. The van der Waals surface area contributed by atoms with Crippen LogP contribution in [0, 0.1) is 6.92 Å². The molecule has 1 heterocycles.